The van der Waals surface area contributed by atoms with Gasteiger partial charge in [0.15, 0.2) is 0 Å². The number of nitrogens with one attached hydrogen (secondary N) is 1. The van der Waals surface area contributed by atoms with Crippen molar-refractivity contribution >= 4 is 5.69 Å². The fourth-order valence-corrected chi connectivity index (χ4v) is 2.26. The molecule has 0 atom stereocenters. The first-order valence-electron chi connectivity index (χ1n) is 6.96. The van der Waals surface area contributed by atoms with Crippen LogP contribution in [-0.2, 0) is 20.0 Å². The van der Waals surface area contributed by atoms with E-state index in [0.29, 0.717) is 5.92 Å². The summed E-state index contributed by atoms with van der Waals surface area (Å²) < 4.78 is 1.96. The molecule has 1 heterocycles. The molecule has 0 aliphatic rings. The van der Waals surface area contributed by atoms with E-state index in [2.05, 4.69) is 61.5 Å². The summed E-state index contributed by atoms with van der Waals surface area (Å²) in [6.45, 7) is 7.39. The average molecular weight is 257 g/mol. The molecule has 0 radical (unpaired) electrons. The van der Waals surface area contributed by atoms with Crippen LogP contribution < -0.4 is 5.32 Å². The number of aryl methyl sites for hydroxylation is 2. The van der Waals surface area contributed by atoms with Crippen LogP contribution in [0, 0.1) is 0 Å². The van der Waals surface area contributed by atoms with Crippen molar-refractivity contribution in [3.05, 3.63) is 47.3 Å². The molecule has 3 nitrogen and oxygen atoms in total. The normalized spacial score (nSPS) is 11.0. The summed E-state index contributed by atoms with van der Waals surface area (Å²) in [5.41, 5.74) is 4.95. The Morgan fingerprint density at radius 2 is 2.00 bits per heavy atom. The van der Waals surface area contributed by atoms with Gasteiger partial charge in [0.25, 0.3) is 0 Å². The zero-order valence-electron chi connectivity index (χ0n) is 12.3. The molecule has 0 aliphatic heterocycles. The van der Waals surface area contributed by atoms with Crippen LogP contribution >= 0.6 is 0 Å². The van der Waals surface area contributed by atoms with Crippen LogP contribution in [0.1, 0.15) is 43.6 Å². The van der Waals surface area contributed by atoms with Gasteiger partial charge in [0.1, 0.15) is 0 Å². The fraction of sp³-hybridized carbons (Fsp3) is 0.438. The Hall–Kier alpha value is -1.77. The molecule has 0 bridgehead atoms. The minimum Gasteiger partial charge on any atom is -0.379 e. The van der Waals surface area contributed by atoms with Gasteiger partial charge in [-0.25, -0.2) is 0 Å². The predicted octanol–water partition coefficient (Wildman–Crippen LogP) is 3.72. The van der Waals surface area contributed by atoms with Crippen molar-refractivity contribution in [3.63, 3.8) is 0 Å². The van der Waals surface area contributed by atoms with Gasteiger partial charge < -0.3 is 5.32 Å². The molecular weight excluding hydrogens is 234 g/mol. The van der Waals surface area contributed by atoms with Crippen LogP contribution in [0.25, 0.3) is 0 Å². The minimum atomic E-state index is 0.529. The Bertz CT molecular complexity index is 541. The lowest BCUT2D eigenvalue weighted by Gasteiger charge is -2.14. The number of hydrogen-bond donors (Lipinski definition) is 1. The van der Waals surface area contributed by atoms with Crippen molar-refractivity contribution in [1.29, 1.82) is 0 Å². The largest absolute Gasteiger partial charge is 0.379 e. The Balaban J connectivity index is 2.12. The molecule has 0 fully saturated rings. The summed E-state index contributed by atoms with van der Waals surface area (Å²) in [6.07, 6.45) is 0.983. The van der Waals surface area contributed by atoms with Crippen LogP contribution in [0.15, 0.2) is 30.3 Å². The van der Waals surface area contributed by atoms with Gasteiger partial charge in [-0.1, -0.05) is 39.0 Å². The van der Waals surface area contributed by atoms with E-state index in [0.717, 1.165) is 18.7 Å². The molecule has 2 aromatic rings. The lowest BCUT2D eigenvalue weighted by molar-refractivity contribution is 0.706. The highest BCUT2D eigenvalue weighted by Gasteiger charge is 2.07. The smallest absolute Gasteiger partial charge is 0.0625 e. The van der Waals surface area contributed by atoms with Crippen LogP contribution in [-0.4, -0.2) is 9.78 Å². The maximum atomic E-state index is 4.48. The summed E-state index contributed by atoms with van der Waals surface area (Å²) in [5, 5.41) is 8.00. The van der Waals surface area contributed by atoms with E-state index >= 15 is 0 Å². The summed E-state index contributed by atoms with van der Waals surface area (Å²) in [4.78, 5) is 0. The lowest BCUT2D eigenvalue weighted by Crippen LogP contribution is -2.07. The average Bonchev–Trinajstić information content (AvgIpc) is 2.77. The molecule has 0 unspecified atom stereocenters. The van der Waals surface area contributed by atoms with E-state index < -0.39 is 0 Å². The molecule has 0 aliphatic carbocycles. The van der Waals surface area contributed by atoms with E-state index in [1.807, 2.05) is 11.7 Å². The third-order valence-electron chi connectivity index (χ3n) is 3.43. The quantitative estimate of drug-likeness (QED) is 0.884. The van der Waals surface area contributed by atoms with Crippen LogP contribution in [0.5, 0.6) is 0 Å². The SMILES string of the molecule is CCc1cc(CNc2ccccc2C(C)C)n(C)n1. The molecule has 1 N–H and O–H groups in total. The zero-order valence-corrected chi connectivity index (χ0v) is 12.3. The molecular formula is C16H23N3. The molecule has 1 aromatic carbocycles. The van der Waals surface area contributed by atoms with Gasteiger partial charge >= 0.3 is 0 Å². The minimum absolute atomic E-state index is 0.529. The van der Waals surface area contributed by atoms with Crippen molar-refractivity contribution in [2.75, 3.05) is 5.32 Å². The Labute approximate surface area is 115 Å². The maximum Gasteiger partial charge on any atom is 0.0625 e. The summed E-state index contributed by atoms with van der Waals surface area (Å²) in [7, 11) is 2.00. The highest BCUT2D eigenvalue weighted by atomic mass is 15.3. The third kappa shape index (κ3) is 3.16. The second-order valence-corrected chi connectivity index (χ2v) is 5.20. The Morgan fingerprint density at radius 1 is 1.26 bits per heavy atom. The summed E-state index contributed by atoms with van der Waals surface area (Å²) in [6, 6.07) is 10.7. The van der Waals surface area contributed by atoms with Crippen LogP contribution in [0.3, 0.4) is 0 Å². The molecule has 0 saturated carbocycles. The first-order chi connectivity index (χ1) is 9.11. The Kier molecular flexibility index (Phi) is 4.25. The molecule has 3 heteroatoms. The molecule has 2 rings (SSSR count). The zero-order chi connectivity index (χ0) is 13.8. The third-order valence-corrected chi connectivity index (χ3v) is 3.43. The van der Waals surface area contributed by atoms with Crippen molar-refractivity contribution in [1.82, 2.24) is 9.78 Å². The van der Waals surface area contributed by atoms with E-state index in [4.69, 9.17) is 0 Å². The number of aromatic nitrogens is 2. The standard InChI is InChI=1S/C16H23N3/c1-5-13-10-14(19(4)18-13)11-17-16-9-7-6-8-15(16)12(2)3/h6-10,12,17H,5,11H2,1-4H3. The second kappa shape index (κ2) is 5.91. The van der Waals surface area contributed by atoms with Crippen LogP contribution in [0.2, 0.25) is 0 Å². The molecule has 1 aromatic heterocycles. The fourth-order valence-electron chi connectivity index (χ4n) is 2.26. The predicted molar refractivity (Wildman–Crippen MR) is 80.4 cm³/mol. The number of anilines is 1. The van der Waals surface area contributed by atoms with Gasteiger partial charge in [-0.15, -0.1) is 0 Å². The van der Waals surface area contributed by atoms with Gasteiger partial charge in [0.2, 0.25) is 0 Å². The van der Waals surface area contributed by atoms with E-state index in [9.17, 15) is 0 Å². The molecule has 0 spiro atoms. The number of rotatable bonds is 5. The maximum absolute atomic E-state index is 4.48. The Morgan fingerprint density at radius 3 is 2.63 bits per heavy atom. The highest BCUT2D eigenvalue weighted by molar-refractivity contribution is 5.52. The van der Waals surface area contributed by atoms with Gasteiger partial charge in [-0.2, -0.15) is 5.10 Å². The summed E-state index contributed by atoms with van der Waals surface area (Å²) in [5.74, 6) is 0.529. The first kappa shape index (κ1) is 13.7. The van der Waals surface area contributed by atoms with Crippen molar-refractivity contribution in [2.45, 2.75) is 39.7 Å². The number of hydrogen-bond acceptors (Lipinski definition) is 2. The molecule has 0 saturated heterocycles. The van der Waals surface area contributed by atoms with Gasteiger partial charge in [0.05, 0.1) is 17.9 Å². The summed E-state index contributed by atoms with van der Waals surface area (Å²) >= 11 is 0. The van der Waals surface area contributed by atoms with Crippen LogP contribution in [0.4, 0.5) is 5.69 Å². The molecule has 19 heavy (non-hydrogen) atoms. The van der Waals surface area contributed by atoms with Gasteiger partial charge in [-0.05, 0) is 30.0 Å². The lowest BCUT2D eigenvalue weighted by atomic mass is 10.0. The molecule has 0 amide bonds. The number of benzene rings is 1. The number of nitrogens with zero attached hydrogens (tertiary/aromatic N) is 2. The second-order valence-electron chi connectivity index (χ2n) is 5.20. The first-order valence-corrected chi connectivity index (χ1v) is 6.96. The number of para-hydroxylation sites is 1. The highest BCUT2D eigenvalue weighted by Crippen LogP contribution is 2.24. The van der Waals surface area contributed by atoms with Crippen molar-refractivity contribution in [2.24, 2.45) is 7.05 Å². The monoisotopic (exact) mass is 257 g/mol. The van der Waals surface area contributed by atoms with Gasteiger partial charge in [-0.3, -0.25) is 4.68 Å². The van der Waals surface area contributed by atoms with E-state index in [1.165, 1.54) is 16.9 Å². The van der Waals surface area contributed by atoms with E-state index in [-0.39, 0.29) is 0 Å². The van der Waals surface area contributed by atoms with Crippen molar-refractivity contribution < 1.29 is 0 Å². The van der Waals surface area contributed by atoms with Crippen molar-refractivity contribution in [3.8, 4) is 0 Å². The molecule has 102 valence electrons. The van der Waals surface area contributed by atoms with E-state index in [1.54, 1.807) is 0 Å². The van der Waals surface area contributed by atoms with Gasteiger partial charge in [0, 0.05) is 12.7 Å². The topological polar surface area (TPSA) is 29.9 Å².